The second-order valence-electron chi connectivity index (χ2n) is 8.77. The molecule has 8 heteroatoms. The standard InChI is InChI=1S/C22H26FN5O2/c1-13-10-27(11-14-6-7-15(23)8-19(14)29)12-18(13)20-25-21-17(22(30)26-20)9-24-28(21)16-4-2-3-5-16/h6-9,13,16,18,29H,2-5,10-12H2,1H3,(H,25,26,30)/t13-,18-/m1/s1. The third-order valence-electron chi connectivity index (χ3n) is 6.63. The Morgan fingerprint density at radius 2 is 2.07 bits per heavy atom. The van der Waals surface area contributed by atoms with E-state index in [4.69, 9.17) is 4.98 Å². The minimum atomic E-state index is -0.446. The van der Waals surface area contributed by atoms with Gasteiger partial charge in [-0.3, -0.25) is 9.69 Å². The van der Waals surface area contributed by atoms with E-state index in [1.54, 1.807) is 12.3 Å². The number of H-pyrrole nitrogens is 1. The Morgan fingerprint density at radius 1 is 1.27 bits per heavy atom. The van der Waals surface area contributed by atoms with Crippen molar-refractivity contribution in [2.45, 2.75) is 51.1 Å². The lowest BCUT2D eigenvalue weighted by atomic mass is 9.97. The van der Waals surface area contributed by atoms with Crippen LogP contribution in [0.1, 0.15) is 56.0 Å². The van der Waals surface area contributed by atoms with Crippen LogP contribution in [0.2, 0.25) is 0 Å². The van der Waals surface area contributed by atoms with Gasteiger partial charge >= 0.3 is 0 Å². The molecule has 2 fully saturated rings. The highest BCUT2D eigenvalue weighted by atomic mass is 19.1. The number of benzene rings is 1. The van der Waals surface area contributed by atoms with Crippen LogP contribution in [-0.4, -0.2) is 42.8 Å². The molecule has 3 heterocycles. The fraction of sp³-hybridized carbons (Fsp3) is 0.500. The third-order valence-corrected chi connectivity index (χ3v) is 6.63. The number of aromatic amines is 1. The van der Waals surface area contributed by atoms with E-state index in [2.05, 4.69) is 21.9 Å². The van der Waals surface area contributed by atoms with Crippen LogP contribution < -0.4 is 5.56 Å². The Labute approximate surface area is 173 Å². The predicted molar refractivity (Wildman–Crippen MR) is 111 cm³/mol. The van der Waals surface area contributed by atoms with Gasteiger partial charge in [-0.15, -0.1) is 0 Å². The molecule has 1 saturated heterocycles. The van der Waals surface area contributed by atoms with Gasteiger partial charge in [-0.2, -0.15) is 5.10 Å². The van der Waals surface area contributed by atoms with Crippen LogP contribution >= 0.6 is 0 Å². The van der Waals surface area contributed by atoms with E-state index in [9.17, 15) is 14.3 Å². The van der Waals surface area contributed by atoms with Gasteiger partial charge in [-0.05, 0) is 24.8 Å². The molecule has 0 radical (unpaired) electrons. The number of nitrogens with zero attached hydrogens (tertiary/aromatic N) is 4. The molecular weight excluding hydrogens is 385 g/mol. The Balaban J connectivity index is 1.42. The number of aromatic hydroxyl groups is 1. The van der Waals surface area contributed by atoms with Crippen molar-refractivity contribution in [3.63, 3.8) is 0 Å². The average molecular weight is 411 g/mol. The molecule has 1 aliphatic carbocycles. The molecule has 1 aromatic carbocycles. The second kappa shape index (κ2) is 7.50. The molecule has 0 spiro atoms. The van der Waals surface area contributed by atoms with Gasteiger partial charge in [0.25, 0.3) is 5.56 Å². The van der Waals surface area contributed by atoms with Crippen molar-refractivity contribution in [2.75, 3.05) is 13.1 Å². The molecule has 158 valence electrons. The summed E-state index contributed by atoms with van der Waals surface area (Å²) in [6.45, 7) is 4.20. The zero-order valence-corrected chi connectivity index (χ0v) is 17.0. The Bertz CT molecular complexity index is 1130. The van der Waals surface area contributed by atoms with Crippen molar-refractivity contribution >= 4 is 11.0 Å². The quantitative estimate of drug-likeness (QED) is 0.688. The third kappa shape index (κ3) is 3.39. The first-order chi connectivity index (χ1) is 14.5. The lowest BCUT2D eigenvalue weighted by molar-refractivity contribution is 0.311. The van der Waals surface area contributed by atoms with E-state index in [-0.39, 0.29) is 23.1 Å². The summed E-state index contributed by atoms with van der Waals surface area (Å²) < 4.78 is 15.2. The number of rotatable bonds is 4. The van der Waals surface area contributed by atoms with Gasteiger partial charge in [-0.1, -0.05) is 25.8 Å². The fourth-order valence-corrected chi connectivity index (χ4v) is 5.01. The first kappa shape index (κ1) is 19.2. The highest BCUT2D eigenvalue weighted by Gasteiger charge is 2.33. The number of nitrogens with one attached hydrogen (secondary N) is 1. The Kier molecular flexibility index (Phi) is 4.81. The van der Waals surface area contributed by atoms with Gasteiger partial charge in [0, 0.05) is 37.2 Å². The maximum Gasteiger partial charge on any atom is 0.262 e. The highest BCUT2D eigenvalue weighted by Crippen LogP contribution is 2.34. The summed E-state index contributed by atoms with van der Waals surface area (Å²) in [5.41, 5.74) is 1.24. The van der Waals surface area contributed by atoms with E-state index in [1.165, 1.54) is 18.9 Å². The summed E-state index contributed by atoms with van der Waals surface area (Å²) in [5.74, 6) is 0.593. The van der Waals surface area contributed by atoms with Crippen molar-refractivity contribution in [3.8, 4) is 5.75 Å². The van der Waals surface area contributed by atoms with Crippen molar-refractivity contribution < 1.29 is 9.50 Å². The minimum absolute atomic E-state index is 0.0282. The van der Waals surface area contributed by atoms with Crippen LogP contribution in [-0.2, 0) is 6.54 Å². The molecule has 2 aliphatic rings. The van der Waals surface area contributed by atoms with Crippen molar-refractivity contribution in [2.24, 2.45) is 5.92 Å². The number of aromatic nitrogens is 4. The van der Waals surface area contributed by atoms with E-state index < -0.39 is 5.82 Å². The molecule has 7 nitrogen and oxygen atoms in total. The number of phenolic OH excluding ortho intramolecular Hbond substituents is 1. The smallest absolute Gasteiger partial charge is 0.262 e. The Hall–Kier alpha value is -2.74. The lowest BCUT2D eigenvalue weighted by Crippen LogP contribution is -2.22. The highest BCUT2D eigenvalue weighted by molar-refractivity contribution is 5.73. The van der Waals surface area contributed by atoms with Crippen LogP contribution in [0, 0.1) is 11.7 Å². The summed E-state index contributed by atoms with van der Waals surface area (Å²) in [6.07, 6.45) is 6.16. The van der Waals surface area contributed by atoms with Gasteiger partial charge < -0.3 is 10.1 Å². The largest absolute Gasteiger partial charge is 0.508 e. The lowest BCUT2D eigenvalue weighted by Gasteiger charge is -2.17. The van der Waals surface area contributed by atoms with E-state index in [0.717, 1.165) is 25.5 Å². The topological polar surface area (TPSA) is 87.0 Å². The number of hydrogen-bond acceptors (Lipinski definition) is 5. The monoisotopic (exact) mass is 411 g/mol. The molecule has 2 atom stereocenters. The van der Waals surface area contributed by atoms with Crippen LogP contribution in [0.5, 0.6) is 5.75 Å². The molecule has 2 N–H and O–H groups in total. The zero-order valence-electron chi connectivity index (χ0n) is 17.0. The molecule has 5 rings (SSSR count). The molecule has 0 amide bonds. The van der Waals surface area contributed by atoms with Crippen molar-refractivity contribution in [1.82, 2.24) is 24.6 Å². The molecule has 0 bridgehead atoms. The van der Waals surface area contributed by atoms with Gasteiger partial charge in [0.1, 0.15) is 22.8 Å². The normalized spacial score (nSPS) is 23.0. The summed E-state index contributed by atoms with van der Waals surface area (Å²) in [7, 11) is 0. The average Bonchev–Trinajstić information content (AvgIpc) is 3.43. The number of phenols is 1. The number of fused-ring (bicyclic) bond motifs is 1. The first-order valence-electron chi connectivity index (χ1n) is 10.7. The number of likely N-dealkylation sites (tertiary alicyclic amines) is 1. The van der Waals surface area contributed by atoms with Crippen LogP contribution in [0.25, 0.3) is 11.0 Å². The van der Waals surface area contributed by atoms with Gasteiger partial charge in [-0.25, -0.2) is 14.1 Å². The molecule has 1 saturated carbocycles. The minimum Gasteiger partial charge on any atom is -0.508 e. The molecule has 2 aromatic heterocycles. The predicted octanol–water partition coefficient (Wildman–Crippen LogP) is 3.31. The Morgan fingerprint density at radius 3 is 2.83 bits per heavy atom. The fourth-order valence-electron chi connectivity index (χ4n) is 5.01. The summed E-state index contributed by atoms with van der Waals surface area (Å²) in [5, 5.41) is 15.1. The van der Waals surface area contributed by atoms with Gasteiger partial charge in [0.2, 0.25) is 0 Å². The van der Waals surface area contributed by atoms with E-state index in [0.29, 0.717) is 41.6 Å². The number of halogens is 1. The van der Waals surface area contributed by atoms with Crippen molar-refractivity contribution in [1.29, 1.82) is 0 Å². The zero-order chi connectivity index (χ0) is 20.8. The maximum atomic E-state index is 13.3. The van der Waals surface area contributed by atoms with Gasteiger partial charge in [0.15, 0.2) is 5.65 Å². The number of hydrogen-bond donors (Lipinski definition) is 2. The molecule has 1 aliphatic heterocycles. The molecule has 0 unspecified atom stereocenters. The molecular formula is C22H26FN5O2. The summed E-state index contributed by atoms with van der Waals surface area (Å²) >= 11 is 0. The van der Waals surface area contributed by atoms with Crippen LogP contribution in [0.4, 0.5) is 4.39 Å². The van der Waals surface area contributed by atoms with Crippen LogP contribution in [0.15, 0.2) is 29.2 Å². The molecule has 30 heavy (non-hydrogen) atoms. The van der Waals surface area contributed by atoms with Gasteiger partial charge in [0.05, 0.1) is 12.2 Å². The van der Waals surface area contributed by atoms with E-state index in [1.807, 2.05) is 4.68 Å². The molecule has 3 aromatic rings. The summed E-state index contributed by atoms with van der Waals surface area (Å²) in [6, 6.07) is 4.45. The van der Waals surface area contributed by atoms with Crippen molar-refractivity contribution in [3.05, 3.63) is 52.0 Å². The van der Waals surface area contributed by atoms with Crippen LogP contribution in [0.3, 0.4) is 0 Å². The first-order valence-corrected chi connectivity index (χ1v) is 10.7. The maximum absolute atomic E-state index is 13.3. The second-order valence-corrected chi connectivity index (χ2v) is 8.77. The SMILES string of the molecule is C[C@@H]1CN(Cc2ccc(F)cc2O)C[C@H]1c1nc2c(cnn2C2CCCC2)c(=O)[nH]1. The van der Waals surface area contributed by atoms with E-state index >= 15 is 0 Å². The summed E-state index contributed by atoms with van der Waals surface area (Å²) in [4.78, 5) is 22.8.